The number of hydrogen-bond acceptors (Lipinski definition) is 8. The smallest absolute Gasteiger partial charge is 0.550 e. The van der Waals surface area contributed by atoms with E-state index in [9.17, 15) is 9.18 Å². The second-order valence-electron chi connectivity index (χ2n) is 6.27. The molecule has 0 aliphatic rings. The number of nitrogens with zero attached hydrogens (tertiary/aromatic N) is 3. The number of carboxylic acids is 1. The van der Waals surface area contributed by atoms with Gasteiger partial charge >= 0.3 is 57.4 Å². The molecule has 0 aliphatic heterocycles. The number of phenols is 1. The number of para-hydroxylation sites is 2. The Hall–Kier alpha value is -2.12. The number of esters is 1. The van der Waals surface area contributed by atoms with Gasteiger partial charge < -0.3 is 19.7 Å². The molecule has 0 atom stereocenters. The van der Waals surface area contributed by atoms with E-state index in [0.717, 1.165) is 6.92 Å². The first-order chi connectivity index (χ1) is 17.4. The van der Waals surface area contributed by atoms with E-state index in [2.05, 4.69) is 47.8 Å². The van der Waals surface area contributed by atoms with Crippen LogP contribution in [-0.4, -0.2) is 17.0 Å². The van der Waals surface area contributed by atoms with Gasteiger partial charge in [0.2, 0.25) is 0 Å². The molecular weight excluding hydrogens is 720 g/mol. The summed E-state index contributed by atoms with van der Waals surface area (Å²) in [6.45, 7) is 2.26. The van der Waals surface area contributed by atoms with Gasteiger partial charge in [-0.1, -0.05) is 18.2 Å². The molecule has 0 amide bonds. The summed E-state index contributed by atoms with van der Waals surface area (Å²) < 4.78 is 19.1. The topological polar surface area (TPSA) is 158 Å². The van der Waals surface area contributed by atoms with E-state index in [0.29, 0.717) is 19.0 Å². The number of nitriles is 3. The largest absolute Gasteiger partial charge is 1.00 e. The Labute approximate surface area is 286 Å². The zero-order chi connectivity index (χ0) is 28.5. The second kappa shape index (κ2) is 20.8. The van der Waals surface area contributed by atoms with Crippen LogP contribution in [0.4, 0.5) is 4.39 Å². The number of benzene rings is 3. The molecular formula is C25H16Br3FKN3O5. The Morgan fingerprint density at radius 1 is 0.816 bits per heavy atom. The molecule has 0 saturated carbocycles. The van der Waals surface area contributed by atoms with E-state index >= 15 is 0 Å². The third-order valence-electron chi connectivity index (χ3n) is 3.51. The van der Waals surface area contributed by atoms with Crippen molar-refractivity contribution in [2.24, 2.45) is 0 Å². The van der Waals surface area contributed by atoms with Crippen molar-refractivity contribution in [1.29, 1.82) is 15.8 Å². The van der Waals surface area contributed by atoms with Gasteiger partial charge in [-0.05, 0) is 91.1 Å². The maximum absolute atomic E-state index is 12.7. The minimum Gasteiger partial charge on any atom is -0.550 e. The zero-order valence-electron chi connectivity index (χ0n) is 20.1. The van der Waals surface area contributed by atoms with Crippen LogP contribution in [-0.2, 0) is 9.59 Å². The minimum atomic E-state index is -1.08. The van der Waals surface area contributed by atoms with Crippen LogP contribution < -0.4 is 61.2 Å². The number of hydrogen-bond donors (Lipinski definition) is 1. The summed E-state index contributed by atoms with van der Waals surface area (Å²) >= 11 is 9.23. The maximum Gasteiger partial charge on any atom is 1.00 e. The van der Waals surface area contributed by atoms with Crippen LogP contribution in [0.2, 0.25) is 0 Å². The van der Waals surface area contributed by atoms with Crippen molar-refractivity contribution >= 4 is 59.7 Å². The van der Waals surface area contributed by atoms with E-state index in [4.69, 9.17) is 35.5 Å². The standard InChI is InChI=1S/C9H6BrNO2.C7H3BrFN.C7H4BrNO.C2H4O2.K/c1-6(12)13-9-7(5-11)3-2-4-8(9)10;8-6-3-1-2-5(4-10)7(6)9;8-6-3-1-2-5(4-9)7(6)10;1-2(3)4;/h2-4H,1H3;1-3H;1-3,10H;1H3,(H,3,4);/q;;;;+1/p-1. The molecule has 1 N–H and O–H groups in total. The van der Waals surface area contributed by atoms with Gasteiger partial charge in [-0.25, -0.2) is 4.39 Å². The van der Waals surface area contributed by atoms with Gasteiger partial charge in [0.1, 0.15) is 24.0 Å². The molecule has 3 aromatic carbocycles. The number of halogens is 4. The molecule has 0 aromatic heterocycles. The monoisotopic (exact) mass is 733 g/mol. The third kappa shape index (κ3) is 14.7. The Bertz CT molecular complexity index is 1320. The Kier molecular flexibility index (Phi) is 20.8. The van der Waals surface area contributed by atoms with Gasteiger partial charge in [-0.3, -0.25) is 4.79 Å². The van der Waals surface area contributed by atoms with Gasteiger partial charge in [0.15, 0.2) is 11.6 Å². The van der Waals surface area contributed by atoms with Crippen molar-refractivity contribution in [3.05, 3.63) is 90.5 Å². The van der Waals surface area contributed by atoms with E-state index in [1.54, 1.807) is 54.6 Å². The summed E-state index contributed by atoms with van der Waals surface area (Å²) in [7, 11) is 0. The van der Waals surface area contributed by atoms with Crippen LogP contribution in [0.1, 0.15) is 30.5 Å². The molecule has 0 spiro atoms. The van der Waals surface area contributed by atoms with Gasteiger partial charge in [0.05, 0.1) is 30.1 Å². The normalized spacial score (nSPS) is 8.39. The van der Waals surface area contributed by atoms with Crippen LogP contribution in [0.15, 0.2) is 68.0 Å². The molecule has 0 heterocycles. The molecule has 3 aromatic rings. The summed E-state index contributed by atoms with van der Waals surface area (Å²) in [6, 6.07) is 20.0. The summed E-state index contributed by atoms with van der Waals surface area (Å²) in [5.41, 5.74) is 0.688. The first-order valence-corrected chi connectivity index (χ1v) is 12.0. The molecule has 0 bridgehead atoms. The molecule has 190 valence electrons. The fourth-order valence-corrected chi connectivity index (χ4v) is 3.22. The predicted molar refractivity (Wildman–Crippen MR) is 140 cm³/mol. The molecule has 0 aliphatic carbocycles. The van der Waals surface area contributed by atoms with Crippen molar-refractivity contribution in [2.75, 3.05) is 0 Å². The van der Waals surface area contributed by atoms with Crippen molar-refractivity contribution in [2.45, 2.75) is 13.8 Å². The van der Waals surface area contributed by atoms with Crippen molar-refractivity contribution in [3.63, 3.8) is 0 Å². The molecule has 0 fully saturated rings. The molecule has 0 unspecified atom stereocenters. The molecule has 13 heteroatoms. The van der Waals surface area contributed by atoms with E-state index in [1.165, 1.54) is 13.0 Å². The average Bonchev–Trinajstić information content (AvgIpc) is 2.84. The summed E-state index contributed by atoms with van der Waals surface area (Å²) in [5.74, 6) is -1.74. The quantitative estimate of drug-likeness (QED) is 0.227. The number of rotatable bonds is 1. The number of phenolic OH excluding ortho intramolecular Hbond substituents is 1. The second-order valence-corrected chi connectivity index (χ2v) is 8.84. The SMILES string of the molecule is CC(=O)Oc1c(Br)cccc1C#N.CC(=O)[O-].N#Cc1cccc(Br)c1F.N#Cc1cccc(Br)c1O.[K+]. The summed E-state index contributed by atoms with van der Waals surface area (Å²) in [4.78, 5) is 19.6. The van der Waals surface area contributed by atoms with Crippen molar-refractivity contribution in [1.82, 2.24) is 0 Å². The van der Waals surface area contributed by atoms with Gasteiger partial charge in [0.25, 0.3) is 0 Å². The van der Waals surface area contributed by atoms with Crippen LogP contribution in [0.5, 0.6) is 11.5 Å². The number of aliphatic carboxylic acids is 1. The Balaban J connectivity index is 0. The molecule has 0 saturated heterocycles. The van der Waals surface area contributed by atoms with Gasteiger partial charge in [-0.15, -0.1) is 0 Å². The van der Waals surface area contributed by atoms with Crippen LogP contribution >= 0.6 is 47.8 Å². The summed E-state index contributed by atoms with van der Waals surface area (Å²) in [5, 5.41) is 43.5. The molecule has 38 heavy (non-hydrogen) atoms. The first-order valence-electron chi connectivity index (χ1n) is 9.65. The number of carbonyl (C=O) groups is 2. The maximum atomic E-state index is 12.7. The Morgan fingerprint density at radius 2 is 1.21 bits per heavy atom. The van der Waals surface area contributed by atoms with Crippen molar-refractivity contribution in [3.8, 4) is 29.7 Å². The van der Waals surface area contributed by atoms with Crippen LogP contribution in [0, 0.1) is 39.8 Å². The van der Waals surface area contributed by atoms with Gasteiger partial charge in [-0.2, -0.15) is 15.8 Å². The predicted octanol–water partition coefficient (Wildman–Crippen LogP) is 2.49. The first kappa shape index (κ1) is 38.0. The zero-order valence-corrected chi connectivity index (χ0v) is 28.0. The van der Waals surface area contributed by atoms with E-state index in [1.807, 2.05) is 12.1 Å². The summed E-state index contributed by atoms with van der Waals surface area (Å²) in [6.07, 6.45) is 0. The molecule has 8 nitrogen and oxygen atoms in total. The molecule has 3 rings (SSSR count). The van der Waals surface area contributed by atoms with Crippen LogP contribution in [0.3, 0.4) is 0 Å². The fraction of sp³-hybridized carbons (Fsp3) is 0.0800. The van der Waals surface area contributed by atoms with Gasteiger partial charge in [0, 0.05) is 12.9 Å². The number of carboxylic acid groups (broad SMARTS) is 1. The average molecular weight is 736 g/mol. The number of ether oxygens (including phenoxy) is 1. The number of aromatic hydroxyl groups is 1. The van der Waals surface area contributed by atoms with E-state index in [-0.39, 0.29) is 74.0 Å². The fourth-order valence-electron chi connectivity index (χ4n) is 2.04. The number of carbonyl (C=O) groups excluding carboxylic acids is 2. The van der Waals surface area contributed by atoms with Crippen molar-refractivity contribution < 1.29 is 80.3 Å². The minimum absolute atomic E-state index is 0. The third-order valence-corrected chi connectivity index (χ3v) is 5.39. The van der Waals surface area contributed by atoms with E-state index < -0.39 is 17.8 Å². The Morgan fingerprint density at radius 3 is 1.61 bits per heavy atom. The van der Waals surface area contributed by atoms with Crippen LogP contribution in [0.25, 0.3) is 0 Å². The molecule has 0 radical (unpaired) electrons.